The summed E-state index contributed by atoms with van der Waals surface area (Å²) in [6.45, 7) is 5.49. The van der Waals surface area contributed by atoms with Crippen molar-refractivity contribution in [2.24, 2.45) is 0 Å². The number of nitrogen functional groups attached to an aromatic ring is 1. The molecule has 0 aliphatic carbocycles. The van der Waals surface area contributed by atoms with Crippen LogP contribution in [0.3, 0.4) is 0 Å². The summed E-state index contributed by atoms with van der Waals surface area (Å²) in [6, 6.07) is 4.59. The highest BCUT2D eigenvalue weighted by Gasteiger charge is 2.15. The monoisotopic (exact) mass is 319 g/mol. The number of hydrogen-bond acceptors (Lipinski definition) is 3. The molecule has 0 saturated heterocycles. The lowest BCUT2D eigenvalue weighted by Crippen LogP contribution is -2.45. The second-order valence-corrected chi connectivity index (χ2v) is 5.63. The first-order valence-corrected chi connectivity index (χ1v) is 6.21. The summed E-state index contributed by atoms with van der Waals surface area (Å²) in [4.78, 5) is 23.4. The van der Waals surface area contributed by atoms with Gasteiger partial charge in [0.05, 0.1) is 17.1 Å². The number of carbonyl (C=O) groups is 2. The molecular formula is C13H19Cl2N3O2. The maximum absolute atomic E-state index is 11.8. The summed E-state index contributed by atoms with van der Waals surface area (Å²) < 4.78 is 0. The molecule has 0 aliphatic heterocycles. The molecule has 2 amide bonds. The summed E-state index contributed by atoms with van der Waals surface area (Å²) in [7, 11) is 0. The van der Waals surface area contributed by atoms with Crippen LogP contribution >= 0.6 is 24.0 Å². The van der Waals surface area contributed by atoms with Gasteiger partial charge in [0, 0.05) is 11.2 Å². The Balaban J connectivity index is 0.00000361. The quantitative estimate of drug-likeness (QED) is 0.745. The minimum Gasteiger partial charge on any atom is -0.399 e. The van der Waals surface area contributed by atoms with Crippen molar-refractivity contribution < 1.29 is 9.59 Å². The molecule has 5 nitrogen and oxygen atoms in total. The molecule has 1 aromatic carbocycles. The van der Waals surface area contributed by atoms with Crippen molar-refractivity contribution in [3.05, 3.63) is 28.8 Å². The second kappa shape index (κ2) is 7.36. The lowest BCUT2D eigenvalue weighted by molar-refractivity contribution is -0.121. The minimum absolute atomic E-state index is 0. The Morgan fingerprint density at radius 2 is 1.90 bits per heavy atom. The number of anilines is 1. The third-order valence-electron chi connectivity index (χ3n) is 2.16. The Hall–Kier alpha value is -1.46. The first kappa shape index (κ1) is 18.5. The van der Waals surface area contributed by atoms with Crippen LogP contribution < -0.4 is 16.4 Å². The van der Waals surface area contributed by atoms with Crippen LogP contribution in [0.2, 0.25) is 5.02 Å². The van der Waals surface area contributed by atoms with E-state index in [1.54, 1.807) is 6.07 Å². The van der Waals surface area contributed by atoms with E-state index in [0.717, 1.165) is 0 Å². The maximum Gasteiger partial charge on any atom is 0.253 e. The van der Waals surface area contributed by atoms with E-state index in [2.05, 4.69) is 10.6 Å². The van der Waals surface area contributed by atoms with Gasteiger partial charge in [-0.25, -0.2) is 0 Å². The number of rotatable bonds is 3. The molecule has 112 valence electrons. The van der Waals surface area contributed by atoms with Gasteiger partial charge in [-0.05, 0) is 39.0 Å². The zero-order valence-corrected chi connectivity index (χ0v) is 13.2. The standard InChI is InChI=1S/C13H18ClN3O2.ClH/c1-13(2,3)17-11(18)7-16-12(19)9-5-4-8(15)6-10(9)14;/h4-6H,7,15H2,1-3H3,(H,16,19)(H,17,18);1H. The zero-order valence-electron chi connectivity index (χ0n) is 11.6. The number of halogens is 2. The molecular weight excluding hydrogens is 301 g/mol. The van der Waals surface area contributed by atoms with Gasteiger partial charge in [0.1, 0.15) is 0 Å². The average Bonchev–Trinajstić information content (AvgIpc) is 2.23. The molecule has 7 heteroatoms. The smallest absolute Gasteiger partial charge is 0.253 e. The van der Waals surface area contributed by atoms with Crippen molar-refractivity contribution in [2.45, 2.75) is 26.3 Å². The largest absolute Gasteiger partial charge is 0.399 e. The van der Waals surface area contributed by atoms with Gasteiger partial charge in [-0.3, -0.25) is 9.59 Å². The van der Waals surface area contributed by atoms with Gasteiger partial charge in [0.25, 0.3) is 5.91 Å². The number of benzene rings is 1. The van der Waals surface area contributed by atoms with E-state index in [9.17, 15) is 9.59 Å². The average molecular weight is 320 g/mol. The summed E-state index contributed by atoms with van der Waals surface area (Å²) >= 11 is 5.90. The molecule has 0 fully saturated rings. The maximum atomic E-state index is 11.8. The normalized spacial score (nSPS) is 10.4. The van der Waals surface area contributed by atoms with Crippen LogP contribution in [-0.4, -0.2) is 23.9 Å². The molecule has 0 unspecified atom stereocenters. The van der Waals surface area contributed by atoms with Crippen LogP contribution in [0.1, 0.15) is 31.1 Å². The molecule has 0 spiro atoms. The lowest BCUT2D eigenvalue weighted by atomic mass is 10.1. The number of nitrogens with two attached hydrogens (primary N) is 1. The Morgan fingerprint density at radius 3 is 2.40 bits per heavy atom. The second-order valence-electron chi connectivity index (χ2n) is 5.22. The van der Waals surface area contributed by atoms with E-state index in [-0.39, 0.29) is 35.4 Å². The van der Waals surface area contributed by atoms with Crippen molar-refractivity contribution in [3.63, 3.8) is 0 Å². The minimum atomic E-state index is -0.408. The molecule has 0 heterocycles. The highest BCUT2D eigenvalue weighted by atomic mass is 35.5. The Labute approximate surface area is 129 Å². The SMILES string of the molecule is CC(C)(C)NC(=O)CNC(=O)c1ccc(N)cc1Cl.Cl. The van der Waals surface area contributed by atoms with Gasteiger partial charge < -0.3 is 16.4 Å². The van der Waals surface area contributed by atoms with Crippen molar-refractivity contribution in [2.75, 3.05) is 12.3 Å². The molecule has 4 N–H and O–H groups in total. The summed E-state index contributed by atoms with van der Waals surface area (Å²) in [5, 5.41) is 5.51. The molecule has 0 bridgehead atoms. The van der Waals surface area contributed by atoms with Crippen molar-refractivity contribution >= 4 is 41.5 Å². The van der Waals surface area contributed by atoms with E-state index in [4.69, 9.17) is 17.3 Å². The number of nitrogens with one attached hydrogen (secondary N) is 2. The van der Waals surface area contributed by atoms with E-state index >= 15 is 0 Å². The molecule has 1 rings (SSSR count). The Kier molecular flexibility index (Phi) is 6.82. The lowest BCUT2D eigenvalue weighted by Gasteiger charge is -2.20. The third kappa shape index (κ3) is 6.12. The van der Waals surface area contributed by atoms with Crippen LogP contribution in [-0.2, 0) is 4.79 Å². The van der Waals surface area contributed by atoms with Gasteiger partial charge in [-0.2, -0.15) is 0 Å². The Morgan fingerprint density at radius 1 is 1.30 bits per heavy atom. The van der Waals surface area contributed by atoms with Crippen molar-refractivity contribution in [1.29, 1.82) is 0 Å². The summed E-state index contributed by atoms with van der Waals surface area (Å²) in [5.74, 6) is -0.665. The van der Waals surface area contributed by atoms with Gasteiger partial charge in [0.15, 0.2) is 0 Å². The van der Waals surface area contributed by atoms with Crippen LogP contribution in [0.5, 0.6) is 0 Å². The predicted molar refractivity (Wildman–Crippen MR) is 83.3 cm³/mol. The summed E-state index contributed by atoms with van der Waals surface area (Å²) in [5.41, 5.74) is 5.98. The van der Waals surface area contributed by atoms with Crippen LogP contribution in [0.15, 0.2) is 18.2 Å². The molecule has 0 atom stereocenters. The van der Waals surface area contributed by atoms with Crippen molar-refractivity contribution in [3.8, 4) is 0 Å². The fourth-order valence-corrected chi connectivity index (χ4v) is 1.71. The molecule has 0 aromatic heterocycles. The fourth-order valence-electron chi connectivity index (χ4n) is 1.43. The highest BCUT2D eigenvalue weighted by Crippen LogP contribution is 2.18. The van der Waals surface area contributed by atoms with Crippen LogP contribution in [0.25, 0.3) is 0 Å². The zero-order chi connectivity index (χ0) is 14.6. The number of hydrogen-bond donors (Lipinski definition) is 3. The summed E-state index contributed by atoms with van der Waals surface area (Å²) in [6.07, 6.45) is 0. The van der Waals surface area contributed by atoms with Gasteiger partial charge in [0.2, 0.25) is 5.91 Å². The van der Waals surface area contributed by atoms with E-state index in [0.29, 0.717) is 11.3 Å². The number of amides is 2. The first-order valence-electron chi connectivity index (χ1n) is 5.83. The first-order chi connectivity index (χ1) is 8.69. The molecule has 0 saturated carbocycles. The van der Waals surface area contributed by atoms with Gasteiger partial charge in [-0.15, -0.1) is 12.4 Å². The van der Waals surface area contributed by atoms with Gasteiger partial charge >= 0.3 is 0 Å². The van der Waals surface area contributed by atoms with E-state index in [1.807, 2.05) is 20.8 Å². The fraction of sp³-hybridized carbons (Fsp3) is 0.385. The van der Waals surface area contributed by atoms with Crippen LogP contribution in [0.4, 0.5) is 5.69 Å². The molecule has 1 aromatic rings. The Bertz CT molecular complexity index is 499. The molecule has 0 radical (unpaired) electrons. The number of carbonyl (C=O) groups excluding carboxylic acids is 2. The molecule has 20 heavy (non-hydrogen) atoms. The predicted octanol–water partition coefficient (Wildman–Crippen LogP) is 1.99. The van der Waals surface area contributed by atoms with E-state index in [1.165, 1.54) is 12.1 Å². The topological polar surface area (TPSA) is 84.2 Å². The van der Waals surface area contributed by atoms with Gasteiger partial charge in [-0.1, -0.05) is 11.6 Å². The third-order valence-corrected chi connectivity index (χ3v) is 2.47. The highest BCUT2D eigenvalue weighted by molar-refractivity contribution is 6.34. The van der Waals surface area contributed by atoms with Crippen LogP contribution in [0, 0.1) is 0 Å². The van der Waals surface area contributed by atoms with E-state index < -0.39 is 5.91 Å². The molecule has 0 aliphatic rings. The van der Waals surface area contributed by atoms with Crippen molar-refractivity contribution in [1.82, 2.24) is 10.6 Å².